The van der Waals surface area contributed by atoms with Gasteiger partial charge in [-0.05, 0) is 32.9 Å². The average Bonchev–Trinajstić information content (AvgIpc) is 2.41. The van der Waals surface area contributed by atoms with Crippen LogP contribution in [0.1, 0.15) is 26.2 Å². The first-order valence-electron chi connectivity index (χ1n) is 6.78. The molecule has 2 heterocycles. The third-order valence-electron chi connectivity index (χ3n) is 3.46. The van der Waals surface area contributed by atoms with Gasteiger partial charge in [-0.3, -0.25) is 4.79 Å². The van der Waals surface area contributed by atoms with Crippen LogP contribution in [0.5, 0.6) is 0 Å². The fourth-order valence-electron chi connectivity index (χ4n) is 2.45. The Kier molecular flexibility index (Phi) is 4.82. The van der Waals surface area contributed by atoms with Crippen LogP contribution in [0, 0.1) is 0 Å². The van der Waals surface area contributed by atoms with Gasteiger partial charge in [-0.25, -0.2) is 4.68 Å². The number of rotatable bonds is 4. The van der Waals surface area contributed by atoms with Crippen molar-refractivity contribution in [2.24, 2.45) is 7.05 Å². The maximum Gasteiger partial charge on any atom is 0.287 e. The summed E-state index contributed by atoms with van der Waals surface area (Å²) in [5.41, 5.74) is 0.353. The SMILES string of the molecule is CC(CN1CCCCC1)Nc1cnn(C)c(=O)c1Cl. The van der Waals surface area contributed by atoms with Gasteiger partial charge in [0.05, 0.1) is 11.9 Å². The minimum absolute atomic E-state index is 0.211. The topological polar surface area (TPSA) is 50.2 Å². The van der Waals surface area contributed by atoms with Gasteiger partial charge in [-0.15, -0.1) is 0 Å². The van der Waals surface area contributed by atoms with Gasteiger partial charge in [-0.1, -0.05) is 18.0 Å². The van der Waals surface area contributed by atoms with Gasteiger partial charge in [0, 0.05) is 19.6 Å². The molecule has 0 radical (unpaired) electrons. The lowest BCUT2D eigenvalue weighted by Gasteiger charge is -2.29. The van der Waals surface area contributed by atoms with Crippen LogP contribution in [0.4, 0.5) is 5.69 Å². The molecule has 1 unspecified atom stereocenters. The minimum atomic E-state index is -0.267. The number of aromatic nitrogens is 2. The molecular formula is C13H21ClN4O. The van der Waals surface area contributed by atoms with Crippen LogP contribution in [0.15, 0.2) is 11.0 Å². The van der Waals surface area contributed by atoms with E-state index in [1.807, 2.05) is 0 Å². The Hall–Kier alpha value is -1.07. The number of likely N-dealkylation sites (tertiary alicyclic amines) is 1. The van der Waals surface area contributed by atoms with Gasteiger partial charge in [0.2, 0.25) is 0 Å². The summed E-state index contributed by atoms with van der Waals surface area (Å²) in [6.45, 7) is 5.39. The lowest BCUT2D eigenvalue weighted by atomic mass is 10.1. The Bertz CT molecular complexity index is 482. The van der Waals surface area contributed by atoms with E-state index >= 15 is 0 Å². The molecule has 1 aromatic rings. The molecule has 0 amide bonds. The molecule has 1 saturated heterocycles. The molecule has 1 aliphatic rings. The van der Waals surface area contributed by atoms with Crippen molar-refractivity contribution in [3.8, 4) is 0 Å². The van der Waals surface area contributed by atoms with Crippen LogP contribution in [-0.4, -0.2) is 40.4 Å². The van der Waals surface area contributed by atoms with Gasteiger partial charge in [0.15, 0.2) is 0 Å². The molecule has 6 heteroatoms. The molecule has 19 heavy (non-hydrogen) atoms. The normalized spacial score (nSPS) is 18.3. The van der Waals surface area contributed by atoms with Gasteiger partial charge in [0.1, 0.15) is 5.02 Å². The molecule has 1 fully saturated rings. The van der Waals surface area contributed by atoms with Crippen LogP contribution >= 0.6 is 11.6 Å². The third-order valence-corrected chi connectivity index (χ3v) is 3.83. The predicted octanol–water partition coefficient (Wildman–Crippen LogP) is 1.72. The second-order valence-corrected chi connectivity index (χ2v) is 5.59. The van der Waals surface area contributed by atoms with Crippen molar-refractivity contribution in [1.82, 2.24) is 14.7 Å². The number of anilines is 1. The molecule has 1 N–H and O–H groups in total. The maximum atomic E-state index is 11.7. The molecule has 0 spiro atoms. The fraction of sp³-hybridized carbons (Fsp3) is 0.692. The van der Waals surface area contributed by atoms with E-state index in [9.17, 15) is 4.79 Å². The first-order chi connectivity index (χ1) is 9.08. The molecule has 106 valence electrons. The van der Waals surface area contributed by atoms with E-state index in [1.54, 1.807) is 13.2 Å². The lowest BCUT2D eigenvalue weighted by Crippen LogP contribution is -2.38. The molecule has 1 atom stereocenters. The van der Waals surface area contributed by atoms with E-state index in [0.29, 0.717) is 5.69 Å². The Morgan fingerprint density at radius 1 is 1.42 bits per heavy atom. The standard InChI is InChI=1S/C13H21ClN4O/c1-10(9-18-6-4-3-5-7-18)16-11-8-15-17(2)13(19)12(11)14/h8,10,16H,3-7,9H2,1-2H3. The molecule has 0 bridgehead atoms. The lowest BCUT2D eigenvalue weighted by molar-refractivity contribution is 0.223. The van der Waals surface area contributed by atoms with Crippen molar-refractivity contribution >= 4 is 17.3 Å². The quantitative estimate of drug-likeness (QED) is 0.915. The first-order valence-corrected chi connectivity index (χ1v) is 7.16. The number of hydrogen-bond acceptors (Lipinski definition) is 4. The van der Waals surface area contributed by atoms with Gasteiger partial charge >= 0.3 is 0 Å². The van der Waals surface area contributed by atoms with E-state index in [1.165, 1.54) is 23.9 Å². The van der Waals surface area contributed by atoms with Gasteiger partial charge in [0.25, 0.3) is 5.56 Å². The second-order valence-electron chi connectivity index (χ2n) is 5.21. The number of nitrogens with one attached hydrogen (secondary N) is 1. The molecular weight excluding hydrogens is 264 g/mol. The highest BCUT2D eigenvalue weighted by atomic mass is 35.5. The zero-order valence-electron chi connectivity index (χ0n) is 11.5. The summed E-state index contributed by atoms with van der Waals surface area (Å²) < 4.78 is 1.24. The highest BCUT2D eigenvalue weighted by molar-refractivity contribution is 6.32. The van der Waals surface area contributed by atoms with Crippen LogP contribution < -0.4 is 10.9 Å². The van der Waals surface area contributed by atoms with Crippen molar-refractivity contribution in [2.75, 3.05) is 25.0 Å². The van der Waals surface area contributed by atoms with Crippen molar-refractivity contribution in [3.05, 3.63) is 21.6 Å². The predicted molar refractivity (Wildman–Crippen MR) is 77.9 cm³/mol. The van der Waals surface area contributed by atoms with Crippen molar-refractivity contribution in [3.63, 3.8) is 0 Å². The summed E-state index contributed by atoms with van der Waals surface area (Å²) in [6.07, 6.45) is 5.50. The summed E-state index contributed by atoms with van der Waals surface area (Å²) in [6, 6.07) is 0.240. The van der Waals surface area contributed by atoms with E-state index in [-0.39, 0.29) is 16.6 Å². The summed E-state index contributed by atoms with van der Waals surface area (Å²) in [5, 5.41) is 7.47. The number of nitrogens with zero attached hydrogens (tertiary/aromatic N) is 3. The van der Waals surface area contributed by atoms with Gasteiger partial charge in [-0.2, -0.15) is 5.10 Å². The zero-order chi connectivity index (χ0) is 13.8. The monoisotopic (exact) mass is 284 g/mol. The Morgan fingerprint density at radius 3 is 2.79 bits per heavy atom. The summed E-state index contributed by atoms with van der Waals surface area (Å²) >= 11 is 6.04. The molecule has 1 aromatic heterocycles. The summed E-state index contributed by atoms with van der Waals surface area (Å²) in [7, 11) is 1.59. The van der Waals surface area contributed by atoms with E-state index in [0.717, 1.165) is 19.6 Å². The van der Waals surface area contributed by atoms with E-state index in [4.69, 9.17) is 11.6 Å². The highest BCUT2D eigenvalue weighted by Gasteiger charge is 2.15. The van der Waals surface area contributed by atoms with Crippen LogP contribution in [0.2, 0.25) is 5.02 Å². The van der Waals surface area contributed by atoms with Crippen molar-refractivity contribution in [1.29, 1.82) is 0 Å². The van der Waals surface area contributed by atoms with Gasteiger partial charge < -0.3 is 10.2 Å². The summed E-state index contributed by atoms with van der Waals surface area (Å²) in [5.74, 6) is 0. The number of piperidine rings is 1. The maximum absolute atomic E-state index is 11.7. The van der Waals surface area contributed by atoms with Crippen LogP contribution in [0.25, 0.3) is 0 Å². The molecule has 0 aliphatic carbocycles. The van der Waals surface area contributed by atoms with Crippen LogP contribution in [-0.2, 0) is 7.05 Å². The third kappa shape index (κ3) is 3.70. The zero-order valence-corrected chi connectivity index (χ0v) is 12.3. The summed E-state index contributed by atoms with van der Waals surface area (Å²) in [4.78, 5) is 14.1. The Labute approximate surface area is 118 Å². The molecule has 2 rings (SSSR count). The van der Waals surface area contributed by atoms with Crippen molar-refractivity contribution in [2.45, 2.75) is 32.2 Å². The first kappa shape index (κ1) is 14.3. The smallest absolute Gasteiger partial charge is 0.287 e. The number of aryl methyl sites for hydroxylation is 1. The number of halogens is 1. The van der Waals surface area contributed by atoms with Crippen LogP contribution in [0.3, 0.4) is 0 Å². The average molecular weight is 285 g/mol. The molecule has 5 nitrogen and oxygen atoms in total. The largest absolute Gasteiger partial charge is 0.379 e. The van der Waals surface area contributed by atoms with E-state index in [2.05, 4.69) is 22.2 Å². The molecule has 0 saturated carbocycles. The fourth-order valence-corrected chi connectivity index (χ4v) is 2.68. The Balaban J connectivity index is 1.96. The highest BCUT2D eigenvalue weighted by Crippen LogP contribution is 2.17. The minimum Gasteiger partial charge on any atom is -0.379 e. The van der Waals surface area contributed by atoms with E-state index < -0.39 is 0 Å². The molecule has 1 aliphatic heterocycles. The number of hydrogen-bond donors (Lipinski definition) is 1. The second kappa shape index (κ2) is 6.39. The molecule has 0 aromatic carbocycles. The Morgan fingerprint density at radius 2 is 2.11 bits per heavy atom. The van der Waals surface area contributed by atoms with Crippen molar-refractivity contribution < 1.29 is 0 Å².